The van der Waals surface area contributed by atoms with Crippen molar-refractivity contribution in [1.29, 1.82) is 0 Å². The molecule has 0 aromatic carbocycles. The molecule has 1 aliphatic heterocycles. The summed E-state index contributed by atoms with van der Waals surface area (Å²) in [6, 6.07) is 2.92. The second kappa shape index (κ2) is 10.4. The standard InChI is InChI=1S/C26H31N7O4S2/c1-2-37-23-13-27-11-20(30-23)22-12-29-25(38-22)24(34)31-21(14-33-15-26(16-33)7-3-8-26)19-10-17(6-9-28-19)32-39(35,36)18-4-5-18/h6,9-13,18,21H,2-5,7-8,14-16H2,1H3,(H,28,32)(H,31,34)/t21-/m1/s1. The molecule has 3 aliphatic rings. The van der Waals surface area contributed by atoms with E-state index in [1.807, 2.05) is 6.92 Å². The Labute approximate surface area is 231 Å². The first kappa shape index (κ1) is 26.1. The van der Waals surface area contributed by atoms with E-state index < -0.39 is 16.1 Å². The maximum Gasteiger partial charge on any atom is 0.280 e. The number of nitrogens with zero attached hydrogens (tertiary/aromatic N) is 5. The average molecular weight is 570 g/mol. The predicted octanol–water partition coefficient (Wildman–Crippen LogP) is 3.25. The Kier molecular flexibility index (Phi) is 6.98. The van der Waals surface area contributed by atoms with Gasteiger partial charge >= 0.3 is 0 Å². The van der Waals surface area contributed by atoms with Gasteiger partial charge in [-0.15, -0.1) is 11.3 Å². The Hall–Kier alpha value is -3.16. The second-order valence-electron chi connectivity index (χ2n) is 10.6. The van der Waals surface area contributed by atoms with Crippen LogP contribution >= 0.6 is 11.3 Å². The van der Waals surface area contributed by atoms with Crippen molar-refractivity contribution in [2.45, 2.75) is 50.3 Å². The SMILES string of the molecule is CCOc1cncc(-c2cnc(C(=O)N[C@H](CN3CC4(CCC4)C3)c3cc(NS(=O)(=O)C4CC4)ccn3)s2)n1. The molecule has 3 fully saturated rings. The number of hydrogen-bond acceptors (Lipinski definition) is 10. The van der Waals surface area contributed by atoms with Gasteiger partial charge in [-0.05, 0) is 50.2 Å². The van der Waals surface area contributed by atoms with Crippen LogP contribution in [-0.4, -0.2) is 70.7 Å². The molecule has 3 aromatic rings. The lowest BCUT2D eigenvalue weighted by molar-refractivity contribution is -0.0633. The molecule has 1 spiro atoms. The van der Waals surface area contributed by atoms with Crippen LogP contribution in [0.3, 0.4) is 0 Å². The number of nitrogens with one attached hydrogen (secondary N) is 2. The van der Waals surface area contributed by atoms with Crippen molar-refractivity contribution in [3.8, 4) is 16.5 Å². The molecule has 1 atom stereocenters. The molecule has 39 heavy (non-hydrogen) atoms. The van der Waals surface area contributed by atoms with Gasteiger partial charge in [0.25, 0.3) is 5.91 Å². The first-order chi connectivity index (χ1) is 18.8. The lowest BCUT2D eigenvalue weighted by Gasteiger charge is -2.56. The fourth-order valence-corrected chi connectivity index (χ4v) is 7.38. The number of carbonyl (C=O) groups is 1. The number of pyridine rings is 1. The molecule has 1 amide bonds. The monoisotopic (exact) mass is 569 g/mol. The van der Waals surface area contributed by atoms with Gasteiger partial charge in [-0.3, -0.25) is 24.4 Å². The van der Waals surface area contributed by atoms with Crippen LogP contribution in [0.15, 0.2) is 36.9 Å². The molecular formula is C26H31N7O4S2. The van der Waals surface area contributed by atoms with Gasteiger partial charge in [-0.1, -0.05) is 6.42 Å². The van der Waals surface area contributed by atoms with Crippen LogP contribution in [0.25, 0.3) is 10.6 Å². The predicted molar refractivity (Wildman–Crippen MR) is 147 cm³/mol. The van der Waals surface area contributed by atoms with E-state index in [0.29, 0.717) is 64.2 Å². The highest BCUT2D eigenvalue weighted by atomic mass is 32.2. The number of hydrogen-bond donors (Lipinski definition) is 2. The smallest absolute Gasteiger partial charge is 0.280 e. The Bertz CT molecular complexity index is 1460. The second-order valence-corrected chi connectivity index (χ2v) is 13.6. The van der Waals surface area contributed by atoms with Crippen molar-refractivity contribution < 1.29 is 17.9 Å². The summed E-state index contributed by atoms with van der Waals surface area (Å²) in [4.78, 5) is 33.8. The zero-order chi connectivity index (χ0) is 27.0. The molecule has 206 valence electrons. The fraction of sp³-hybridized carbons (Fsp3) is 0.500. The average Bonchev–Trinajstić information content (AvgIpc) is 3.62. The quantitative estimate of drug-likeness (QED) is 0.356. The van der Waals surface area contributed by atoms with Gasteiger partial charge in [0.15, 0.2) is 5.01 Å². The lowest BCUT2D eigenvalue weighted by Crippen LogP contribution is -2.61. The largest absolute Gasteiger partial charge is 0.477 e. The highest BCUT2D eigenvalue weighted by Gasteiger charge is 2.47. The van der Waals surface area contributed by atoms with Crippen molar-refractivity contribution in [2.75, 3.05) is 31.0 Å². The van der Waals surface area contributed by atoms with Gasteiger partial charge in [-0.25, -0.2) is 18.4 Å². The summed E-state index contributed by atoms with van der Waals surface area (Å²) in [5.41, 5.74) is 2.07. The summed E-state index contributed by atoms with van der Waals surface area (Å²) in [6.45, 7) is 4.94. The third kappa shape index (κ3) is 5.75. The summed E-state index contributed by atoms with van der Waals surface area (Å²) in [5, 5.41) is 3.06. The van der Waals surface area contributed by atoms with E-state index in [1.165, 1.54) is 30.6 Å². The third-order valence-corrected chi connectivity index (χ3v) is 10.4. The molecule has 2 aliphatic carbocycles. The number of aromatic nitrogens is 4. The molecule has 0 radical (unpaired) electrons. The van der Waals surface area contributed by atoms with Gasteiger partial charge < -0.3 is 10.1 Å². The third-order valence-electron chi connectivity index (χ3n) is 7.50. The highest BCUT2D eigenvalue weighted by Crippen LogP contribution is 2.48. The Morgan fingerprint density at radius 3 is 2.77 bits per heavy atom. The number of likely N-dealkylation sites (tertiary alicyclic amines) is 1. The van der Waals surface area contributed by atoms with E-state index in [0.717, 1.165) is 13.1 Å². The van der Waals surface area contributed by atoms with Crippen LogP contribution < -0.4 is 14.8 Å². The molecule has 2 saturated carbocycles. The van der Waals surface area contributed by atoms with Crippen LogP contribution in [0.5, 0.6) is 5.88 Å². The van der Waals surface area contributed by atoms with Crippen LogP contribution in [-0.2, 0) is 10.0 Å². The molecule has 2 N–H and O–H groups in total. The van der Waals surface area contributed by atoms with Crippen LogP contribution in [0, 0.1) is 5.41 Å². The summed E-state index contributed by atoms with van der Waals surface area (Å²) >= 11 is 1.22. The van der Waals surface area contributed by atoms with E-state index >= 15 is 0 Å². The molecule has 6 rings (SSSR count). The highest BCUT2D eigenvalue weighted by molar-refractivity contribution is 7.93. The first-order valence-electron chi connectivity index (χ1n) is 13.2. The van der Waals surface area contributed by atoms with E-state index in [1.54, 1.807) is 36.9 Å². The number of sulfonamides is 1. The van der Waals surface area contributed by atoms with Crippen LogP contribution in [0.1, 0.15) is 60.6 Å². The van der Waals surface area contributed by atoms with Crippen LogP contribution in [0.4, 0.5) is 5.69 Å². The molecule has 4 heterocycles. The number of anilines is 1. The topological polar surface area (TPSA) is 139 Å². The van der Waals surface area contributed by atoms with Crippen molar-refractivity contribution >= 4 is 33.0 Å². The summed E-state index contributed by atoms with van der Waals surface area (Å²) in [7, 11) is -3.41. The van der Waals surface area contributed by atoms with E-state index in [2.05, 4.69) is 34.9 Å². The molecule has 3 aromatic heterocycles. The normalized spacial score (nSPS) is 19.1. The number of rotatable bonds is 11. The van der Waals surface area contributed by atoms with Crippen LogP contribution in [0.2, 0.25) is 0 Å². The minimum atomic E-state index is -3.41. The van der Waals surface area contributed by atoms with Crippen molar-refractivity contribution in [2.24, 2.45) is 5.41 Å². The molecule has 13 heteroatoms. The van der Waals surface area contributed by atoms with Gasteiger partial charge in [0.1, 0.15) is 5.69 Å². The van der Waals surface area contributed by atoms with Gasteiger partial charge in [0.05, 0.1) is 46.6 Å². The molecule has 1 saturated heterocycles. The Balaban J connectivity index is 1.20. The van der Waals surface area contributed by atoms with E-state index in [-0.39, 0.29) is 11.2 Å². The number of ether oxygens (including phenoxy) is 1. The summed E-state index contributed by atoms with van der Waals surface area (Å²) < 4.78 is 33.1. The molecule has 11 nitrogen and oxygen atoms in total. The first-order valence-corrected chi connectivity index (χ1v) is 15.6. The minimum Gasteiger partial charge on any atom is -0.477 e. The van der Waals surface area contributed by atoms with Crippen molar-refractivity contribution in [3.05, 3.63) is 47.6 Å². The van der Waals surface area contributed by atoms with Crippen molar-refractivity contribution in [3.63, 3.8) is 0 Å². The zero-order valence-corrected chi connectivity index (χ0v) is 23.3. The van der Waals surface area contributed by atoms with E-state index in [9.17, 15) is 13.2 Å². The molecular weight excluding hydrogens is 538 g/mol. The van der Waals surface area contributed by atoms with Crippen molar-refractivity contribution in [1.82, 2.24) is 30.2 Å². The number of amides is 1. The fourth-order valence-electron chi connectivity index (χ4n) is 5.23. The van der Waals surface area contributed by atoms with Gasteiger partial charge in [-0.2, -0.15) is 0 Å². The minimum absolute atomic E-state index is 0.295. The molecule has 0 bridgehead atoms. The Morgan fingerprint density at radius 2 is 2.05 bits per heavy atom. The Morgan fingerprint density at radius 1 is 1.23 bits per heavy atom. The van der Waals surface area contributed by atoms with Gasteiger partial charge in [0, 0.05) is 32.0 Å². The molecule has 0 unspecified atom stereocenters. The number of thiazole rings is 1. The summed E-state index contributed by atoms with van der Waals surface area (Å²) in [5.74, 6) is 0.0892. The maximum absolute atomic E-state index is 13.4. The van der Waals surface area contributed by atoms with Gasteiger partial charge in [0.2, 0.25) is 15.9 Å². The van der Waals surface area contributed by atoms with E-state index in [4.69, 9.17) is 4.74 Å². The summed E-state index contributed by atoms with van der Waals surface area (Å²) in [6.07, 6.45) is 11.5. The number of carbonyl (C=O) groups excluding carboxylic acids is 1. The zero-order valence-electron chi connectivity index (χ0n) is 21.7. The lowest BCUT2D eigenvalue weighted by atomic mass is 9.63. The maximum atomic E-state index is 13.4.